The minimum absolute atomic E-state index is 0.177. The maximum Gasteiger partial charge on any atom is 0.240 e. The van der Waals surface area contributed by atoms with Crippen LogP contribution in [0.4, 0.5) is 0 Å². The first-order chi connectivity index (χ1) is 8.04. The SMILES string of the molecule is CC1CC1CNS(=O)(=O)c1ccccc1CO. The summed E-state index contributed by atoms with van der Waals surface area (Å²) >= 11 is 0. The fourth-order valence-electron chi connectivity index (χ4n) is 1.87. The topological polar surface area (TPSA) is 66.4 Å². The summed E-state index contributed by atoms with van der Waals surface area (Å²) in [6.07, 6.45) is 1.09. The molecule has 17 heavy (non-hydrogen) atoms. The van der Waals surface area contributed by atoms with Gasteiger partial charge in [0.05, 0.1) is 11.5 Å². The molecule has 1 saturated carbocycles. The molecule has 1 aliphatic carbocycles. The summed E-state index contributed by atoms with van der Waals surface area (Å²) in [4.78, 5) is 0.177. The standard InChI is InChI=1S/C12H17NO3S/c1-9-6-11(9)7-13-17(15,16)12-5-3-2-4-10(12)8-14/h2-5,9,11,13-14H,6-8H2,1H3. The first-order valence-corrected chi connectivity index (χ1v) is 7.21. The second-order valence-electron chi connectivity index (χ2n) is 4.59. The molecule has 2 N–H and O–H groups in total. The van der Waals surface area contributed by atoms with E-state index >= 15 is 0 Å². The Morgan fingerprint density at radius 1 is 1.41 bits per heavy atom. The minimum Gasteiger partial charge on any atom is -0.392 e. The predicted molar refractivity (Wildman–Crippen MR) is 64.8 cm³/mol. The van der Waals surface area contributed by atoms with E-state index in [0.29, 0.717) is 23.9 Å². The van der Waals surface area contributed by atoms with E-state index in [2.05, 4.69) is 11.6 Å². The number of sulfonamides is 1. The lowest BCUT2D eigenvalue weighted by Gasteiger charge is -2.09. The summed E-state index contributed by atoms with van der Waals surface area (Å²) in [5, 5.41) is 9.12. The number of aliphatic hydroxyl groups is 1. The average Bonchev–Trinajstić information content (AvgIpc) is 3.03. The monoisotopic (exact) mass is 255 g/mol. The quantitative estimate of drug-likeness (QED) is 0.828. The normalized spacial score (nSPS) is 23.6. The van der Waals surface area contributed by atoms with E-state index in [1.165, 1.54) is 6.07 Å². The highest BCUT2D eigenvalue weighted by atomic mass is 32.2. The molecule has 0 aromatic heterocycles. The van der Waals surface area contributed by atoms with Gasteiger partial charge in [-0.2, -0.15) is 0 Å². The van der Waals surface area contributed by atoms with Crippen molar-refractivity contribution >= 4 is 10.0 Å². The molecular formula is C12H17NO3S. The molecule has 0 radical (unpaired) electrons. The molecule has 0 saturated heterocycles. The fraction of sp³-hybridized carbons (Fsp3) is 0.500. The van der Waals surface area contributed by atoms with Crippen LogP contribution in [-0.4, -0.2) is 20.1 Å². The van der Waals surface area contributed by atoms with Gasteiger partial charge in [0.15, 0.2) is 0 Å². The van der Waals surface area contributed by atoms with Gasteiger partial charge in [-0.3, -0.25) is 0 Å². The smallest absolute Gasteiger partial charge is 0.240 e. The van der Waals surface area contributed by atoms with Crippen LogP contribution in [0.3, 0.4) is 0 Å². The molecule has 5 heteroatoms. The Kier molecular flexibility index (Phi) is 3.51. The van der Waals surface area contributed by atoms with Crippen molar-refractivity contribution in [3.05, 3.63) is 29.8 Å². The van der Waals surface area contributed by atoms with Crippen LogP contribution in [0.25, 0.3) is 0 Å². The molecule has 0 bridgehead atoms. The summed E-state index contributed by atoms with van der Waals surface area (Å²) < 4.78 is 26.7. The zero-order chi connectivity index (χ0) is 12.5. The molecule has 0 amide bonds. The van der Waals surface area contributed by atoms with Crippen LogP contribution in [0.5, 0.6) is 0 Å². The van der Waals surface area contributed by atoms with Crippen molar-refractivity contribution < 1.29 is 13.5 Å². The number of nitrogens with one attached hydrogen (secondary N) is 1. The summed E-state index contributed by atoms with van der Waals surface area (Å²) in [7, 11) is -3.49. The number of rotatable bonds is 5. The number of hydrogen-bond donors (Lipinski definition) is 2. The third-order valence-electron chi connectivity index (χ3n) is 3.24. The van der Waals surface area contributed by atoms with E-state index in [-0.39, 0.29) is 11.5 Å². The van der Waals surface area contributed by atoms with E-state index in [9.17, 15) is 8.42 Å². The Hall–Kier alpha value is -0.910. The summed E-state index contributed by atoms with van der Waals surface area (Å²) in [6, 6.07) is 6.51. The first kappa shape index (κ1) is 12.5. The highest BCUT2D eigenvalue weighted by molar-refractivity contribution is 7.89. The summed E-state index contributed by atoms with van der Waals surface area (Å²) in [5.74, 6) is 1.08. The molecule has 1 fully saturated rings. The second-order valence-corrected chi connectivity index (χ2v) is 6.33. The minimum atomic E-state index is -3.49. The van der Waals surface area contributed by atoms with Gasteiger partial charge in [-0.1, -0.05) is 25.1 Å². The highest BCUT2D eigenvalue weighted by Gasteiger charge is 2.33. The lowest BCUT2D eigenvalue weighted by atomic mass is 10.2. The van der Waals surface area contributed by atoms with Crippen LogP contribution in [0, 0.1) is 11.8 Å². The van der Waals surface area contributed by atoms with Gasteiger partial charge >= 0.3 is 0 Å². The van der Waals surface area contributed by atoms with Crippen molar-refractivity contribution in [1.82, 2.24) is 4.72 Å². The number of benzene rings is 1. The molecule has 0 heterocycles. The van der Waals surface area contributed by atoms with Crippen LogP contribution in [0.1, 0.15) is 18.9 Å². The number of aliphatic hydroxyl groups excluding tert-OH is 1. The lowest BCUT2D eigenvalue weighted by molar-refractivity contribution is 0.278. The van der Waals surface area contributed by atoms with Crippen molar-refractivity contribution in [2.45, 2.75) is 24.8 Å². The van der Waals surface area contributed by atoms with Gasteiger partial charge in [-0.05, 0) is 29.9 Å². The summed E-state index contributed by atoms with van der Waals surface area (Å²) in [5.41, 5.74) is 0.434. The predicted octanol–water partition coefficient (Wildman–Crippen LogP) is 1.11. The Morgan fingerprint density at radius 2 is 2.06 bits per heavy atom. The van der Waals surface area contributed by atoms with Crippen molar-refractivity contribution in [2.24, 2.45) is 11.8 Å². The van der Waals surface area contributed by atoms with Crippen molar-refractivity contribution in [2.75, 3.05) is 6.54 Å². The van der Waals surface area contributed by atoms with Gasteiger partial charge < -0.3 is 5.11 Å². The third-order valence-corrected chi connectivity index (χ3v) is 4.77. The molecule has 94 valence electrons. The van der Waals surface area contributed by atoms with E-state index in [0.717, 1.165) is 6.42 Å². The van der Waals surface area contributed by atoms with Gasteiger partial charge in [-0.15, -0.1) is 0 Å². The van der Waals surface area contributed by atoms with E-state index in [1.54, 1.807) is 18.2 Å². The van der Waals surface area contributed by atoms with Crippen molar-refractivity contribution in [1.29, 1.82) is 0 Å². The van der Waals surface area contributed by atoms with Gasteiger partial charge in [-0.25, -0.2) is 13.1 Å². The van der Waals surface area contributed by atoms with E-state index in [4.69, 9.17) is 5.11 Å². The molecule has 2 unspecified atom stereocenters. The van der Waals surface area contributed by atoms with E-state index < -0.39 is 10.0 Å². The molecule has 1 aromatic rings. The average molecular weight is 255 g/mol. The molecular weight excluding hydrogens is 238 g/mol. The van der Waals surface area contributed by atoms with Crippen LogP contribution in [0.15, 0.2) is 29.2 Å². The van der Waals surface area contributed by atoms with E-state index in [1.807, 2.05) is 0 Å². The third kappa shape index (κ3) is 2.86. The molecule has 0 spiro atoms. The van der Waals surface area contributed by atoms with Gasteiger partial charge in [0.1, 0.15) is 0 Å². The Morgan fingerprint density at radius 3 is 2.65 bits per heavy atom. The van der Waals surface area contributed by atoms with Crippen LogP contribution < -0.4 is 4.72 Å². The lowest BCUT2D eigenvalue weighted by Crippen LogP contribution is -2.27. The Balaban J connectivity index is 2.13. The second kappa shape index (κ2) is 4.76. The maximum absolute atomic E-state index is 12.0. The summed E-state index contributed by atoms with van der Waals surface area (Å²) in [6.45, 7) is 2.33. The Labute approximate surface area is 102 Å². The molecule has 1 aliphatic rings. The molecule has 4 nitrogen and oxygen atoms in total. The van der Waals surface area contributed by atoms with Gasteiger partial charge in [0.2, 0.25) is 10.0 Å². The van der Waals surface area contributed by atoms with Gasteiger partial charge in [0.25, 0.3) is 0 Å². The van der Waals surface area contributed by atoms with Crippen LogP contribution in [0.2, 0.25) is 0 Å². The molecule has 2 rings (SSSR count). The van der Waals surface area contributed by atoms with Crippen molar-refractivity contribution in [3.8, 4) is 0 Å². The molecule has 2 atom stereocenters. The molecule has 0 aliphatic heterocycles. The molecule has 1 aromatic carbocycles. The van der Waals surface area contributed by atoms with Crippen molar-refractivity contribution in [3.63, 3.8) is 0 Å². The number of hydrogen-bond acceptors (Lipinski definition) is 3. The van der Waals surface area contributed by atoms with Gasteiger partial charge in [0, 0.05) is 6.54 Å². The Bertz CT molecular complexity index is 498. The van der Waals surface area contributed by atoms with Crippen LogP contribution >= 0.6 is 0 Å². The maximum atomic E-state index is 12.0. The zero-order valence-corrected chi connectivity index (χ0v) is 10.6. The first-order valence-electron chi connectivity index (χ1n) is 5.73. The largest absolute Gasteiger partial charge is 0.392 e. The highest BCUT2D eigenvalue weighted by Crippen LogP contribution is 2.37. The zero-order valence-electron chi connectivity index (χ0n) is 9.76. The van der Waals surface area contributed by atoms with Crippen LogP contribution in [-0.2, 0) is 16.6 Å². The fourth-order valence-corrected chi connectivity index (χ4v) is 3.20.